The minimum atomic E-state index is 0.562. The molecule has 34 heavy (non-hydrogen) atoms. The Kier molecular flexibility index (Phi) is 6.47. The monoisotopic (exact) mass is 450 g/mol. The maximum absolute atomic E-state index is 4.85. The number of tetrazole rings is 1. The molecule has 0 spiro atoms. The second kappa shape index (κ2) is 10.2. The molecular formula is C26H26N8. The molecule has 0 aliphatic heterocycles. The van der Waals surface area contributed by atoms with E-state index in [1.165, 1.54) is 12.8 Å². The molecule has 0 aliphatic rings. The van der Waals surface area contributed by atoms with E-state index in [1.807, 2.05) is 71.5 Å². The zero-order chi connectivity index (χ0) is 23.2. The Labute approximate surface area is 198 Å². The Bertz CT molecular complexity index is 1330. The molecule has 0 amide bonds. The van der Waals surface area contributed by atoms with E-state index in [9.17, 15) is 0 Å². The molecule has 0 bridgehead atoms. The van der Waals surface area contributed by atoms with Crippen LogP contribution in [0.1, 0.15) is 37.7 Å². The first-order chi connectivity index (χ1) is 16.8. The summed E-state index contributed by atoms with van der Waals surface area (Å²) in [6, 6.07) is 22.2. The summed E-state index contributed by atoms with van der Waals surface area (Å²) in [7, 11) is 0. The third-order valence-corrected chi connectivity index (χ3v) is 5.75. The number of benzene rings is 2. The van der Waals surface area contributed by atoms with Crippen molar-refractivity contribution in [3.63, 3.8) is 0 Å². The molecule has 8 nitrogen and oxygen atoms in total. The zero-order valence-electron chi connectivity index (χ0n) is 19.1. The smallest absolute Gasteiger partial charge is 0.205 e. The zero-order valence-corrected chi connectivity index (χ0v) is 19.1. The molecule has 0 unspecified atom stereocenters. The molecular weight excluding hydrogens is 424 g/mol. The van der Waals surface area contributed by atoms with Gasteiger partial charge in [0.05, 0.1) is 12.2 Å². The van der Waals surface area contributed by atoms with Crippen LogP contribution in [0, 0.1) is 0 Å². The molecule has 0 saturated carbocycles. The minimum absolute atomic E-state index is 0.562. The Morgan fingerprint density at radius 2 is 1.65 bits per heavy atom. The lowest BCUT2D eigenvalue weighted by Gasteiger charge is -2.09. The summed E-state index contributed by atoms with van der Waals surface area (Å²) in [5, 5.41) is 19.3. The van der Waals surface area contributed by atoms with Crippen molar-refractivity contribution in [2.45, 2.75) is 39.2 Å². The van der Waals surface area contributed by atoms with Crippen LogP contribution in [0.4, 0.5) is 0 Å². The number of aromatic amines is 1. The summed E-state index contributed by atoms with van der Waals surface area (Å²) >= 11 is 0. The Morgan fingerprint density at radius 1 is 0.824 bits per heavy atom. The van der Waals surface area contributed by atoms with Crippen molar-refractivity contribution in [3.8, 4) is 33.9 Å². The molecule has 0 aliphatic carbocycles. The van der Waals surface area contributed by atoms with Crippen LogP contribution < -0.4 is 0 Å². The Morgan fingerprint density at radius 3 is 2.38 bits per heavy atom. The highest BCUT2D eigenvalue weighted by Gasteiger charge is 2.14. The topological polar surface area (TPSA) is 98.1 Å². The number of hydrogen-bond acceptors (Lipinski definition) is 6. The van der Waals surface area contributed by atoms with E-state index in [0.717, 1.165) is 52.4 Å². The van der Waals surface area contributed by atoms with Gasteiger partial charge in [-0.2, -0.15) is 10.3 Å². The number of unbranched alkanes of at least 4 members (excludes halogenated alkanes) is 2. The number of pyridine rings is 1. The van der Waals surface area contributed by atoms with E-state index < -0.39 is 0 Å². The SMILES string of the molecule is CCCCCc1nc(-c2ccccc2)nn1Cc1ccc(-c2ccccc2-c2nn[nH]n2)cn1. The van der Waals surface area contributed by atoms with Gasteiger partial charge in [0, 0.05) is 29.3 Å². The summed E-state index contributed by atoms with van der Waals surface area (Å²) < 4.78 is 1.99. The van der Waals surface area contributed by atoms with Gasteiger partial charge in [0.25, 0.3) is 0 Å². The van der Waals surface area contributed by atoms with Gasteiger partial charge < -0.3 is 0 Å². The third kappa shape index (κ3) is 4.76. The van der Waals surface area contributed by atoms with Gasteiger partial charge in [0.15, 0.2) is 5.82 Å². The molecule has 5 aromatic rings. The molecule has 170 valence electrons. The number of aromatic nitrogens is 8. The van der Waals surface area contributed by atoms with E-state index in [-0.39, 0.29) is 0 Å². The highest BCUT2D eigenvalue weighted by molar-refractivity contribution is 5.79. The van der Waals surface area contributed by atoms with Crippen molar-refractivity contribution in [3.05, 3.63) is 84.4 Å². The normalized spacial score (nSPS) is 11.1. The van der Waals surface area contributed by atoms with Gasteiger partial charge in [-0.3, -0.25) is 4.98 Å². The maximum Gasteiger partial charge on any atom is 0.205 e. The number of nitrogens with zero attached hydrogens (tertiary/aromatic N) is 7. The van der Waals surface area contributed by atoms with Crippen molar-refractivity contribution in [2.75, 3.05) is 0 Å². The lowest BCUT2D eigenvalue weighted by molar-refractivity contribution is 0.600. The molecule has 0 radical (unpaired) electrons. The predicted octanol–water partition coefficient (Wildman–Crippen LogP) is 4.97. The van der Waals surface area contributed by atoms with Crippen LogP contribution in [0.2, 0.25) is 0 Å². The van der Waals surface area contributed by atoms with Crippen LogP contribution in [0.25, 0.3) is 33.9 Å². The molecule has 0 fully saturated rings. The van der Waals surface area contributed by atoms with Crippen molar-refractivity contribution < 1.29 is 0 Å². The summed E-state index contributed by atoms with van der Waals surface area (Å²) in [6.07, 6.45) is 6.25. The lowest BCUT2D eigenvalue weighted by Crippen LogP contribution is -2.08. The van der Waals surface area contributed by atoms with Crippen LogP contribution in [0.3, 0.4) is 0 Å². The average molecular weight is 451 g/mol. The molecule has 5 rings (SSSR count). The Hall–Kier alpha value is -4.20. The number of hydrogen-bond donors (Lipinski definition) is 1. The van der Waals surface area contributed by atoms with E-state index in [0.29, 0.717) is 12.4 Å². The number of H-pyrrole nitrogens is 1. The quantitative estimate of drug-likeness (QED) is 0.319. The van der Waals surface area contributed by atoms with E-state index in [1.54, 1.807) is 0 Å². The standard InChI is InChI=1S/C26H26N8/c1-2-3-5-14-24-28-25(19-10-6-4-7-11-19)31-34(24)18-21-16-15-20(17-27-21)22-12-8-9-13-23(22)26-29-32-33-30-26/h4,6-13,15-17H,2-3,5,14,18H2,1H3,(H,29,30,32,33). The highest BCUT2D eigenvalue weighted by atomic mass is 15.5. The largest absolute Gasteiger partial charge is 0.259 e. The Balaban J connectivity index is 1.40. The van der Waals surface area contributed by atoms with Crippen LogP contribution in [-0.4, -0.2) is 40.4 Å². The van der Waals surface area contributed by atoms with E-state index in [4.69, 9.17) is 15.1 Å². The predicted molar refractivity (Wildman–Crippen MR) is 131 cm³/mol. The fourth-order valence-electron chi connectivity index (χ4n) is 3.97. The van der Waals surface area contributed by atoms with Crippen molar-refractivity contribution >= 4 is 0 Å². The van der Waals surface area contributed by atoms with Gasteiger partial charge in [-0.25, -0.2) is 9.67 Å². The van der Waals surface area contributed by atoms with Crippen molar-refractivity contribution in [1.82, 2.24) is 40.4 Å². The number of aryl methyl sites for hydroxylation is 1. The first-order valence-corrected chi connectivity index (χ1v) is 11.6. The molecule has 0 saturated heterocycles. The van der Waals surface area contributed by atoms with Gasteiger partial charge in [-0.05, 0) is 23.3 Å². The van der Waals surface area contributed by atoms with Crippen molar-refractivity contribution in [1.29, 1.82) is 0 Å². The van der Waals surface area contributed by atoms with Crippen LogP contribution >= 0.6 is 0 Å². The highest BCUT2D eigenvalue weighted by Crippen LogP contribution is 2.29. The average Bonchev–Trinajstić information content (AvgIpc) is 3.56. The fraction of sp³-hybridized carbons (Fsp3) is 0.231. The molecule has 1 N–H and O–H groups in total. The molecule has 2 aromatic carbocycles. The second-order valence-corrected chi connectivity index (χ2v) is 8.15. The lowest BCUT2D eigenvalue weighted by atomic mass is 10.0. The van der Waals surface area contributed by atoms with Gasteiger partial charge in [0.1, 0.15) is 5.82 Å². The molecule has 3 aromatic heterocycles. The summed E-state index contributed by atoms with van der Waals surface area (Å²) in [5.74, 6) is 2.32. The summed E-state index contributed by atoms with van der Waals surface area (Å²) in [4.78, 5) is 9.59. The first kappa shape index (κ1) is 21.6. The van der Waals surface area contributed by atoms with Gasteiger partial charge in [-0.1, -0.05) is 80.4 Å². The molecule has 8 heteroatoms. The van der Waals surface area contributed by atoms with Gasteiger partial charge in [-0.15, -0.1) is 10.2 Å². The van der Waals surface area contributed by atoms with Gasteiger partial charge in [0.2, 0.25) is 5.82 Å². The summed E-state index contributed by atoms with van der Waals surface area (Å²) in [6.45, 7) is 2.79. The van der Waals surface area contributed by atoms with Crippen molar-refractivity contribution in [2.24, 2.45) is 0 Å². The third-order valence-electron chi connectivity index (χ3n) is 5.75. The van der Waals surface area contributed by atoms with Crippen LogP contribution in [-0.2, 0) is 13.0 Å². The van der Waals surface area contributed by atoms with E-state index in [2.05, 4.69) is 33.6 Å². The maximum atomic E-state index is 4.85. The minimum Gasteiger partial charge on any atom is -0.259 e. The number of rotatable bonds is 9. The second-order valence-electron chi connectivity index (χ2n) is 8.15. The van der Waals surface area contributed by atoms with Gasteiger partial charge >= 0.3 is 0 Å². The van der Waals surface area contributed by atoms with E-state index >= 15 is 0 Å². The summed E-state index contributed by atoms with van der Waals surface area (Å²) in [5.41, 5.74) is 4.88. The fourth-order valence-corrected chi connectivity index (χ4v) is 3.97. The number of nitrogens with one attached hydrogen (secondary N) is 1. The van der Waals surface area contributed by atoms with Crippen LogP contribution in [0.5, 0.6) is 0 Å². The first-order valence-electron chi connectivity index (χ1n) is 11.6. The molecule has 3 heterocycles. The van der Waals surface area contributed by atoms with Crippen LogP contribution in [0.15, 0.2) is 72.9 Å². The molecule has 0 atom stereocenters.